The molecular weight excluding hydrogens is 244 g/mol. The van der Waals surface area contributed by atoms with E-state index >= 15 is 0 Å². The summed E-state index contributed by atoms with van der Waals surface area (Å²) in [6, 6.07) is 6.10. The summed E-state index contributed by atoms with van der Waals surface area (Å²) in [4.78, 5) is 15.6. The maximum absolute atomic E-state index is 11.6. The first-order chi connectivity index (χ1) is 6.75. The summed E-state index contributed by atoms with van der Waals surface area (Å²) >= 11 is 3.43. The van der Waals surface area contributed by atoms with Crippen molar-refractivity contribution in [1.29, 1.82) is 0 Å². The van der Waals surface area contributed by atoms with Gasteiger partial charge in [0.15, 0.2) is 0 Å². The lowest BCUT2D eigenvalue weighted by molar-refractivity contribution is -0.118. The zero-order valence-corrected chi connectivity index (χ0v) is 9.12. The highest BCUT2D eigenvalue weighted by Crippen LogP contribution is 2.38. The number of nitrogens with zero attached hydrogens (tertiary/aromatic N) is 2. The summed E-state index contributed by atoms with van der Waals surface area (Å²) in [6.07, 6.45) is 0. The highest BCUT2D eigenvalue weighted by atomic mass is 79.9. The van der Waals surface area contributed by atoms with E-state index in [1.165, 1.54) is 5.69 Å². The van der Waals surface area contributed by atoms with Crippen molar-refractivity contribution in [1.82, 2.24) is 0 Å². The van der Waals surface area contributed by atoms with Crippen LogP contribution >= 0.6 is 15.9 Å². The molecule has 3 heterocycles. The molecule has 1 aromatic rings. The van der Waals surface area contributed by atoms with Crippen molar-refractivity contribution in [2.75, 3.05) is 29.4 Å². The molecule has 4 rings (SSSR count). The average Bonchev–Trinajstić information content (AvgIpc) is 2.17. The molecule has 4 heteroatoms. The van der Waals surface area contributed by atoms with Crippen LogP contribution in [0.5, 0.6) is 0 Å². The van der Waals surface area contributed by atoms with Crippen molar-refractivity contribution in [2.24, 2.45) is 0 Å². The number of amides is 1. The van der Waals surface area contributed by atoms with Crippen LogP contribution in [0.4, 0.5) is 11.4 Å². The van der Waals surface area contributed by atoms with Crippen LogP contribution in [0.3, 0.4) is 0 Å². The van der Waals surface area contributed by atoms with Crippen LogP contribution in [0.2, 0.25) is 0 Å². The minimum atomic E-state index is 0.210. The van der Waals surface area contributed by atoms with Crippen LogP contribution in [-0.2, 0) is 4.79 Å². The molecule has 0 saturated carbocycles. The third-order valence-corrected chi connectivity index (χ3v) is 3.28. The molecule has 1 saturated heterocycles. The summed E-state index contributed by atoms with van der Waals surface area (Å²) in [6.45, 7) is 2.32. The van der Waals surface area contributed by atoms with Crippen molar-refractivity contribution in [3.8, 4) is 0 Å². The Kier molecular flexibility index (Phi) is 1.62. The van der Waals surface area contributed by atoms with Crippen LogP contribution in [0.15, 0.2) is 22.7 Å². The fourth-order valence-electron chi connectivity index (χ4n) is 2.11. The Morgan fingerprint density at radius 3 is 2.86 bits per heavy atom. The number of piperazine rings is 1. The van der Waals surface area contributed by atoms with E-state index in [4.69, 9.17) is 0 Å². The zero-order chi connectivity index (χ0) is 9.71. The van der Waals surface area contributed by atoms with Gasteiger partial charge in [-0.3, -0.25) is 4.79 Å². The molecule has 0 unspecified atom stereocenters. The van der Waals surface area contributed by atoms with E-state index in [1.807, 2.05) is 17.0 Å². The zero-order valence-electron chi connectivity index (χ0n) is 7.53. The number of rotatable bonds is 0. The standard InChI is InChI=1S/C10H9BrN2O/c11-7-1-2-8-9(5-7)13-4-3-12(8)6-10(13)14/h1-2,5H,3-4,6H2. The number of carbonyl (C=O) groups is 1. The third-order valence-electron chi connectivity index (χ3n) is 2.79. The third kappa shape index (κ3) is 1.00. The molecule has 0 aliphatic carbocycles. The Labute approximate surface area is 90.4 Å². The molecule has 3 aliphatic rings. The van der Waals surface area contributed by atoms with E-state index in [1.54, 1.807) is 0 Å². The van der Waals surface area contributed by atoms with Crippen molar-refractivity contribution in [2.45, 2.75) is 0 Å². The molecule has 2 bridgehead atoms. The fourth-order valence-corrected chi connectivity index (χ4v) is 2.46. The van der Waals surface area contributed by atoms with Crippen LogP contribution in [0, 0.1) is 0 Å². The number of fused-ring (bicyclic) bond motifs is 2. The van der Waals surface area contributed by atoms with E-state index in [0.717, 1.165) is 23.2 Å². The summed E-state index contributed by atoms with van der Waals surface area (Å²) in [5.41, 5.74) is 2.22. The average molecular weight is 253 g/mol. The molecule has 3 aliphatic heterocycles. The van der Waals surface area contributed by atoms with Gasteiger partial charge in [0.2, 0.25) is 5.91 Å². The largest absolute Gasteiger partial charge is 0.359 e. The number of carbonyl (C=O) groups excluding carboxylic acids is 1. The van der Waals surface area contributed by atoms with Gasteiger partial charge in [-0.05, 0) is 18.2 Å². The first kappa shape index (κ1) is 8.29. The Bertz CT molecular complexity index is 419. The number of anilines is 2. The Hall–Kier alpha value is -1.03. The van der Waals surface area contributed by atoms with E-state index < -0.39 is 0 Å². The molecule has 1 amide bonds. The number of halogens is 1. The minimum Gasteiger partial charge on any atom is -0.359 e. The van der Waals surface area contributed by atoms with Gasteiger partial charge in [-0.2, -0.15) is 0 Å². The van der Waals surface area contributed by atoms with Crippen LogP contribution in [0.1, 0.15) is 0 Å². The Balaban J connectivity index is 2.21. The number of hydrogen-bond donors (Lipinski definition) is 0. The van der Waals surface area contributed by atoms with E-state index in [2.05, 4.69) is 26.9 Å². The van der Waals surface area contributed by atoms with Gasteiger partial charge in [-0.1, -0.05) is 15.9 Å². The fraction of sp³-hybridized carbons (Fsp3) is 0.300. The van der Waals surface area contributed by atoms with Gasteiger partial charge < -0.3 is 9.80 Å². The molecule has 14 heavy (non-hydrogen) atoms. The lowest BCUT2D eigenvalue weighted by Gasteiger charge is -2.43. The second kappa shape index (κ2) is 2.73. The summed E-state index contributed by atoms with van der Waals surface area (Å²) in [7, 11) is 0. The topological polar surface area (TPSA) is 23.6 Å². The van der Waals surface area contributed by atoms with Crippen LogP contribution in [-0.4, -0.2) is 25.5 Å². The summed E-state index contributed by atoms with van der Waals surface area (Å²) in [5.74, 6) is 0.210. The molecule has 0 spiro atoms. The first-order valence-electron chi connectivity index (χ1n) is 4.60. The predicted molar refractivity (Wildman–Crippen MR) is 58.7 cm³/mol. The van der Waals surface area contributed by atoms with Gasteiger partial charge in [-0.15, -0.1) is 0 Å². The normalized spacial score (nSPS) is 18.8. The molecule has 3 nitrogen and oxygen atoms in total. The Morgan fingerprint density at radius 2 is 2.07 bits per heavy atom. The molecule has 0 atom stereocenters. The van der Waals surface area contributed by atoms with Crippen molar-refractivity contribution >= 4 is 33.2 Å². The summed E-state index contributed by atoms with van der Waals surface area (Å²) < 4.78 is 1.03. The molecule has 1 fully saturated rings. The van der Waals surface area contributed by atoms with Crippen LogP contribution < -0.4 is 9.80 Å². The first-order valence-corrected chi connectivity index (χ1v) is 5.40. The van der Waals surface area contributed by atoms with Gasteiger partial charge in [-0.25, -0.2) is 0 Å². The van der Waals surface area contributed by atoms with Gasteiger partial charge in [0.1, 0.15) is 0 Å². The highest BCUT2D eigenvalue weighted by Gasteiger charge is 2.33. The smallest absolute Gasteiger partial charge is 0.246 e. The molecule has 0 N–H and O–H groups in total. The predicted octanol–water partition coefficient (Wildman–Crippen LogP) is 1.62. The van der Waals surface area contributed by atoms with Gasteiger partial charge in [0.25, 0.3) is 0 Å². The van der Waals surface area contributed by atoms with E-state index in [0.29, 0.717) is 6.54 Å². The lowest BCUT2D eigenvalue weighted by atomic mass is 10.1. The van der Waals surface area contributed by atoms with Gasteiger partial charge >= 0.3 is 0 Å². The molecule has 1 aromatic carbocycles. The van der Waals surface area contributed by atoms with Crippen LogP contribution in [0.25, 0.3) is 0 Å². The maximum atomic E-state index is 11.6. The number of hydrogen-bond acceptors (Lipinski definition) is 2. The van der Waals surface area contributed by atoms with Crippen molar-refractivity contribution < 1.29 is 4.79 Å². The van der Waals surface area contributed by atoms with Gasteiger partial charge in [0, 0.05) is 17.6 Å². The van der Waals surface area contributed by atoms with E-state index in [-0.39, 0.29) is 5.91 Å². The lowest BCUT2D eigenvalue weighted by Crippen LogP contribution is -2.55. The molecular formula is C10H9BrN2O. The highest BCUT2D eigenvalue weighted by molar-refractivity contribution is 9.10. The molecule has 0 aromatic heterocycles. The second-order valence-electron chi connectivity index (χ2n) is 3.60. The number of benzene rings is 1. The minimum absolute atomic E-state index is 0.210. The van der Waals surface area contributed by atoms with Crippen molar-refractivity contribution in [3.63, 3.8) is 0 Å². The van der Waals surface area contributed by atoms with Gasteiger partial charge in [0.05, 0.1) is 17.9 Å². The monoisotopic (exact) mass is 252 g/mol. The SMILES string of the molecule is O=C1CN2CCN1c1cc(Br)ccc12. The van der Waals surface area contributed by atoms with Crippen molar-refractivity contribution in [3.05, 3.63) is 22.7 Å². The quantitative estimate of drug-likeness (QED) is 0.701. The van der Waals surface area contributed by atoms with E-state index in [9.17, 15) is 4.79 Å². The molecule has 0 radical (unpaired) electrons. The maximum Gasteiger partial charge on any atom is 0.246 e. The molecule has 72 valence electrons. The second-order valence-corrected chi connectivity index (χ2v) is 4.52. The summed E-state index contributed by atoms with van der Waals surface area (Å²) in [5, 5.41) is 0. The Morgan fingerprint density at radius 1 is 1.21 bits per heavy atom.